The van der Waals surface area contributed by atoms with E-state index in [-0.39, 0.29) is 17.1 Å². The second-order valence-corrected chi connectivity index (χ2v) is 7.94. The van der Waals surface area contributed by atoms with Crippen LogP contribution < -0.4 is 9.64 Å². The molecule has 3 heterocycles. The van der Waals surface area contributed by atoms with Crippen LogP contribution in [0.5, 0.6) is 11.5 Å². The molecule has 1 aromatic carbocycles. The van der Waals surface area contributed by atoms with E-state index in [2.05, 4.69) is 4.98 Å². The van der Waals surface area contributed by atoms with Crippen LogP contribution in [0.25, 0.3) is 0 Å². The minimum atomic E-state index is -0.900. The van der Waals surface area contributed by atoms with Gasteiger partial charge in [0.2, 0.25) is 5.78 Å². The lowest BCUT2D eigenvalue weighted by Crippen LogP contribution is -2.30. The van der Waals surface area contributed by atoms with Gasteiger partial charge in [-0.25, -0.2) is 4.98 Å². The van der Waals surface area contributed by atoms with Gasteiger partial charge < -0.3 is 14.9 Å². The van der Waals surface area contributed by atoms with Crippen LogP contribution in [0.2, 0.25) is 0 Å². The maximum absolute atomic E-state index is 13.2. The molecule has 0 radical (unpaired) electrons. The molecule has 9 heteroatoms. The van der Waals surface area contributed by atoms with Crippen molar-refractivity contribution in [3.8, 4) is 11.5 Å². The van der Waals surface area contributed by atoms with Gasteiger partial charge in [-0.05, 0) is 36.1 Å². The zero-order chi connectivity index (χ0) is 20.5. The molecule has 1 unspecified atom stereocenters. The van der Waals surface area contributed by atoms with E-state index >= 15 is 0 Å². The zero-order valence-electron chi connectivity index (χ0n) is 15.2. The highest BCUT2D eigenvalue weighted by Gasteiger charge is 2.46. The third-order valence-corrected chi connectivity index (χ3v) is 6.06. The fourth-order valence-electron chi connectivity index (χ4n) is 3.20. The molecule has 0 bridgehead atoms. The number of hydrogen-bond acceptors (Lipinski definition) is 8. The lowest BCUT2D eigenvalue weighted by atomic mass is 9.95. The molecule has 2 N–H and O–H groups in total. The first-order chi connectivity index (χ1) is 14.0. The number of phenols is 1. The Bertz CT molecular complexity index is 1090. The van der Waals surface area contributed by atoms with Gasteiger partial charge in [0.05, 0.1) is 23.1 Å². The van der Waals surface area contributed by atoms with Gasteiger partial charge in [-0.1, -0.05) is 12.1 Å². The highest BCUT2D eigenvalue weighted by atomic mass is 32.1. The largest absolute Gasteiger partial charge is 0.504 e. The van der Waals surface area contributed by atoms with Gasteiger partial charge in [0, 0.05) is 11.6 Å². The van der Waals surface area contributed by atoms with Gasteiger partial charge in [0.25, 0.3) is 5.91 Å². The molecule has 0 aliphatic carbocycles. The second kappa shape index (κ2) is 7.69. The zero-order valence-corrected chi connectivity index (χ0v) is 16.9. The highest BCUT2D eigenvalue weighted by molar-refractivity contribution is 7.14. The molecule has 0 saturated carbocycles. The molecule has 1 amide bonds. The van der Waals surface area contributed by atoms with Gasteiger partial charge in [0.15, 0.2) is 22.4 Å². The van der Waals surface area contributed by atoms with Crippen LogP contribution in [0.4, 0.5) is 5.13 Å². The number of hydrogen-bond donors (Lipinski definition) is 2. The van der Waals surface area contributed by atoms with Gasteiger partial charge in [0.1, 0.15) is 0 Å². The average Bonchev–Trinajstić information content (AvgIpc) is 3.46. The Morgan fingerprint density at radius 1 is 1.24 bits per heavy atom. The van der Waals surface area contributed by atoms with Crippen molar-refractivity contribution in [2.75, 3.05) is 11.5 Å². The monoisotopic (exact) mass is 428 g/mol. The third-order valence-electron chi connectivity index (χ3n) is 4.42. The number of thiazole rings is 1. The molecule has 0 saturated heterocycles. The third kappa shape index (κ3) is 3.28. The predicted molar refractivity (Wildman–Crippen MR) is 110 cm³/mol. The number of Topliss-reactive ketones (excluding diaryl/α,β-unsaturated/α-hetero) is 1. The predicted octanol–water partition coefficient (Wildman–Crippen LogP) is 4.09. The van der Waals surface area contributed by atoms with Crippen molar-refractivity contribution in [3.63, 3.8) is 0 Å². The topological polar surface area (TPSA) is 100.0 Å². The Kier molecular flexibility index (Phi) is 5.08. The molecule has 1 aliphatic rings. The maximum atomic E-state index is 13.2. The lowest BCUT2D eigenvalue weighted by Gasteiger charge is -2.25. The van der Waals surface area contributed by atoms with Crippen molar-refractivity contribution in [3.05, 3.63) is 69.1 Å². The molecule has 3 aromatic rings. The van der Waals surface area contributed by atoms with Gasteiger partial charge in [-0.3, -0.25) is 14.5 Å². The Balaban J connectivity index is 1.88. The molecule has 1 aliphatic heterocycles. The number of carbonyl (C=O) groups is 2. The number of ketones is 1. The van der Waals surface area contributed by atoms with Crippen LogP contribution in [0.3, 0.4) is 0 Å². The van der Waals surface area contributed by atoms with E-state index in [0.29, 0.717) is 22.2 Å². The minimum absolute atomic E-state index is 0.0270. The minimum Gasteiger partial charge on any atom is -0.504 e. The second-order valence-electron chi connectivity index (χ2n) is 6.12. The first kappa shape index (κ1) is 19.2. The van der Waals surface area contributed by atoms with E-state index in [1.54, 1.807) is 48.1 Å². The Labute approximate surface area is 174 Å². The first-order valence-electron chi connectivity index (χ1n) is 8.73. The van der Waals surface area contributed by atoms with Crippen LogP contribution >= 0.6 is 22.7 Å². The summed E-state index contributed by atoms with van der Waals surface area (Å²) >= 11 is 2.45. The summed E-state index contributed by atoms with van der Waals surface area (Å²) in [5.41, 5.74) is 0.486. The number of benzene rings is 1. The Morgan fingerprint density at radius 3 is 2.72 bits per heavy atom. The molecule has 29 heavy (non-hydrogen) atoms. The van der Waals surface area contributed by atoms with Crippen LogP contribution in [0.15, 0.2) is 58.6 Å². The van der Waals surface area contributed by atoms with Gasteiger partial charge in [-0.2, -0.15) is 0 Å². The number of amides is 1. The standard InChI is InChI=1S/C20H16N2O5S2/c1-2-27-13-10-11(5-6-12(13)23)16-15(17(24)14-4-3-8-28-14)18(25)19(26)22(16)20-21-7-9-29-20/h3-10,16,23,25H,2H2,1H3. The number of aliphatic hydroxyl groups excluding tert-OH is 1. The summed E-state index contributed by atoms with van der Waals surface area (Å²) in [6.45, 7) is 2.11. The number of rotatable bonds is 6. The molecule has 1 atom stereocenters. The number of aromatic hydroxyl groups is 1. The molecular formula is C20H16N2O5S2. The maximum Gasteiger partial charge on any atom is 0.296 e. The lowest BCUT2D eigenvalue weighted by molar-refractivity contribution is -0.117. The molecule has 2 aromatic heterocycles. The molecule has 4 rings (SSSR count). The normalized spacial score (nSPS) is 16.5. The summed E-state index contributed by atoms with van der Waals surface area (Å²) in [5, 5.41) is 24.5. The molecular weight excluding hydrogens is 412 g/mol. The van der Waals surface area contributed by atoms with Crippen molar-refractivity contribution in [1.29, 1.82) is 0 Å². The summed E-state index contributed by atoms with van der Waals surface area (Å²) < 4.78 is 5.46. The fraction of sp³-hybridized carbons (Fsp3) is 0.150. The van der Waals surface area contributed by atoms with Crippen LogP contribution in [0, 0.1) is 0 Å². The van der Waals surface area contributed by atoms with E-state index < -0.39 is 23.5 Å². The molecule has 0 spiro atoms. The van der Waals surface area contributed by atoms with Crippen molar-refractivity contribution in [2.24, 2.45) is 0 Å². The van der Waals surface area contributed by atoms with Gasteiger partial charge >= 0.3 is 0 Å². The molecule has 7 nitrogen and oxygen atoms in total. The molecule has 0 fully saturated rings. The Morgan fingerprint density at radius 2 is 2.07 bits per heavy atom. The van der Waals surface area contributed by atoms with Crippen LogP contribution in [0.1, 0.15) is 28.2 Å². The van der Waals surface area contributed by atoms with E-state index in [9.17, 15) is 19.8 Å². The van der Waals surface area contributed by atoms with Gasteiger partial charge in [-0.15, -0.1) is 22.7 Å². The van der Waals surface area contributed by atoms with Crippen molar-refractivity contribution in [1.82, 2.24) is 4.98 Å². The number of nitrogens with zero attached hydrogens (tertiary/aromatic N) is 2. The number of ether oxygens (including phenoxy) is 1. The number of phenolic OH excluding ortho intramolecular Hbond substituents is 1. The van der Waals surface area contributed by atoms with Crippen LogP contribution in [-0.4, -0.2) is 33.5 Å². The summed E-state index contributed by atoms with van der Waals surface area (Å²) in [4.78, 5) is 32.0. The smallest absolute Gasteiger partial charge is 0.296 e. The summed E-state index contributed by atoms with van der Waals surface area (Å²) in [6.07, 6.45) is 1.54. The van der Waals surface area contributed by atoms with E-state index in [1.165, 1.54) is 33.6 Å². The van der Waals surface area contributed by atoms with Crippen molar-refractivity contribution < 1.29 is 24.5 Å². The number of anilines is 1. The van der Waals surface area contributed by atoms with E-state index in [0.717, 1.165) is 0 Å². The molecule has 148 valence electrons. The Hall–Kier alpha value is -3.17. The fourth-order valence-corrected chi connectivity index (χ4v) is 4.54. The summed E-state index contributed by atoms with van der Waals surface area (Å²) in [6, 6.07) is 7.07. The van der Waals surface area contributed by atoms with E-state index in [1.807, 2.05) is 0 Å². The van der Waals surface area contributed by atoms with Crippen molar-refractivity contribution in [2.45, 2.75) is 13.0 Å². The van der Waals surface area contributed by atoms with Crippen molar-refractivity contribution >= 4 is 39.5 Å². The highest BCUT2D eigenvalue weighted by Crippen LogP contribution is 2.44. The quantitative estimate of drug-likeness (QED) is 0.574. The number of carbonyl (C=O) groups excluding carboxylic acids is 2. The first-order valence-corrected chi connectivity index (χ1v) is 10.5. The summed E-state index contributed by atoms with van der Waals surface area (Å²) in [5.74, 6) is -1.56. The SMILES string of the molecule is CCOc1cc(C2C(C(=O)c3cccs3)=C(O)C(=O)N2c2nccs2)ccc1O. The number of aromatic nitrogens is 1. The van der Waals surface area contributed by atoms with Crippen LogP contribution in [-0.2, 0) is 4.79 Å². The van der Waals surface area contributed by atoms with E-state index in [4.69, 9.17) is 4.74 Å². The average molecular weight is 428 g/mol. The number of thiophene rings is 1. The number of aliphatic hydroxyl groups is 1. The summed E-state index contributed by atoms with van der Waals surface area (Å²) in [7, 11) is 0.